The summed E-state index contributed by atoms with van der Waals surface area (Å²) in [6.45, 7) is 3.63. The lowest BCUT2D eigenvalue weighted by atomic mass is 10.1. The number of nitro groups is 2. The van der Waals surface area contributed by atoms with Gasteiger partial charge in [-0.2, -0.15) is 0 Å². The first kappa shape index (κ1) is 19.9. The Balaban J connectivity index is 2.04. The standard InChI is InChI=1S/C20H18N2O7/c1-12(2)28-20-11-14(22(25)26)5-7-16(20)18-9-8-17(29-18)15-6-4-13(21(23)24)10-19(15)27-3/h4-12H,1-3H3. The number of rotatable bonds is 7. The second-order valence-electron chi connectivity index (χ2n) is 6.41. The lowest BCUT2D eigenvalue weighted by Gasteiger charge is -2.13. The van der Waals surface area contributed by atoms with Crippen LogP contribution in [-0.2, 0) is 0 Å². The lowest BCUT2D eigenvalue weighted by Crippen LogP contribution is -2.06. The highest BCUT2D eigenvalue weighted by Gasteiger charge is 2.19. The number of methoxy groups -OCH3 is 1. The van der Waals surface area contributed by atoms with Crippen molar-refractivity contribution in [2.24, 2.45) is 0 Å². The Morgan fingerprint density at radius 1 is 0.828 bits per heavy atom. The summed E-state index contributed by atoms with van der Waals surface area (Å²) in [5.74, 6) is 1.49. The average molecular weight is 398 g/mol. The molecule has 0 spiro atoms. The maximum Gasteiger partial charge on any atom is 0.273 e. The number of ether oxygens (including phenoxy) is 2. The minimum absolute atomic E-state index is 0.0896. The van der Waals surface area contributed by atoms with Crippen LogP contribution in [0.4, 0.5) is 11.4 Å². The Bertz CT molecular complexity index is 1070. The number of nitro benzene ring substituents is 2. The van der Waals surface area contributed by atoms with Crippen LogP contribution < -0.4 is 9.47 Å². The van der Waals surface area contributed by atoms with Crippen molar-refractivity contribution in [2.75, 3.05) is 7.11 Å². The maximum absolute atomic E-state index is 11.1. The predicted molar refractivity (Wildman–Crippen MR) is 105 cm³/mol. The zero-order chi connectivity index (χ0) is 21.1. The van der Waals surface area contributed by atoms with Crippen LogP contribution in [0.15, 0.2) is 52.9 Å². The van der Waals surface area contributed by atoms with E-state index in [2.05, 4.69) is 0 Å². The highest BCUT2D eigenvalue weighted by molar-refractivity contribution is 5.74. The van der Waals surface area contributed by atoms with Crippen molar-refractivity contribution in [3.05, 3.63) is 68.8 Å². The van der Waals surface area contributed by atoms with E-state index < -0.39 is 9.85 Å². The number of furan rings is 1. The van der Waals surface area contributed by atoms with E-state index in [9.17, 15) is 20.2 Å². The van der Waals surface area contributed by atoms with Crippen molar-refractivity contribution < 1.29 is 23.7 Å². The van der Waals surface area contributed by atoms with Gasteiger partial charge in [0.15, 0.2) is 0 Å². The van der Waals surface area contributed by atoms with E-state index in [1.165, 1.54) is 31.4 Å². The van der Waals surface area contributed by atoms with Crippen molar-refractivity contribution in [2.45, 2.75) is 20.0 Å². The SMILES string of the molecule is COc1cc([N+](=O)[O-])ccc1-c1ccc(-c2ccc([N+](=O)[O-])cc2OC(C)C)o1. The molecule has 0 aliphatic heterocycles. The lowest BCUT2D eigenvalue weighted by molar-refractivity contribution is -0.385. The number of hydrogen-bond acceptors (Lipinski definition) is 7. The van der Waals surface area contributed by atoms with Crippen LogP contribution in [0.1, 0.15) is 13.8 Å². The Labute approximate surface area is 165 Å². The highest BCUT2D eigenvalue weighted by atomic mass is 16.6. The van der Waals surface area contributed by atoms with E-state index in [4.69, 9.17) is 13.9 Å². The van der Waals surface area contributed by atoms with Gasteiger partial charge in [0.1, 0.15) is 23.0 Å². The zero-order valence-corrected chi connectivity index (χ0v) is 15.9. The molecule has 0 radical (unpaired) electrons. The molecule has 1 heterocycles. The fourth-order valence-corrected chi connectivity index (χ4v) is 2.80. The van der Waals surface area contributed by atoms with Crippen LogP contribution in [-0.4, -0.2) is 23.1 Å². The summed E-state index contributed by atoms with van der Waals surface area (Å²) in [6, 6.07) is 11.9. The molecular formula is C20H18N2O7. The third-order valence-corrected chi connectivity index (χ3v) is 4.07. The number of hydrogen-bond donors (Lipinski definition) is 0. The molecule has 0 saturated heterocycles. The predicted octanol–water partition coefficient (Wildman–Crippen LogP) is 5.23. The van der Waals surface area contributed by atoms with Gasteiger partial charge in [0, 0.05) is 12.1 Å². The Kier molecular flexibility index (Phi) is 5.49. The fraction of sp³-hybridized carbons (Fsp3) is 0.200. The fourth-order valence-electron chi connectivity index (χ4n) is 2.80. The van der Waals surface area contributed by atoms with Gasteiger partial charge in [0.25, 0.3) is 11.4 Å². The first-order chi connectivity index (χ1) is 13.8. The molecule has 2 aromatic carbocycles. The van der Waals surface area contributed by atoms with Crippen LogP contribution in [0.25, 0.3) is 22.6 Å². The van der Waals surface area contributed by atoms with Crippen molar-refractivity contribution >= 4 is 11.4 Å². The molecular weight excluding hydrogens is 380 g/mol. The smallest absolute Gasteiger partial charge is 0.273 e. The summed E-state index contributed by atoms with van der Waals surface area (Å²) in [5.41, 5.74) is 0.905. The van der Waals surface area contributed by atoms with Crippen molar-refractivity contribution in [3.8, 4) is 34.1 Å². The van der Waals surface area contributed by atoms with Gasteiger partial charge < -0.3 is 13.9 Å². The third kappa shape index (κ3) is 4.18. The molecule has 0 saturated carbocycles. The first-order valence-electron chi connectivity index (χ1n) is 8.68. The summed E-state index contributed by atoms with van der Waals surface area (Å²) < 4.78 is 16.9. The van der Waals surface area contributed by atoms with Crippen LogP contribution >= 0.6 is 0 Å². The van der Waals surface area contributed by atoms with Gasteiger partial charge in [-0.25, -0.2) is 0 Å². The normalized spacial score (nSPS) is 10.8. The van der Waals surface area contributed by atoms with Gasteiger partial charge >= 0.3 is 0 Å². The molecule has 0 aliphatic rings. The second kappa shape index (κ2) is 8.01. The molecule has 9 heteroatoms. The summed E-state index contributed by atoms with van der Waals surface area (Å²) in [4.78, 5) is 21.1. The largest absolute Gasteiger partial charge is 0.496 e. The molecule has 0 fully saturated rings. The van der Waals surface area contributed by atoms with E-state index in [-0.39, 0.29) is 17.5 Å². The minimum atomic E-state index is -0.508. The monoisotopic (exact) mass is 398 g/mol. The average Bonchev–Trinajstić information content (AvgIpc) is 3.16. The molecule has 29 heavy (non-hydrogen) atoms. The van der Waals surface area contributed by atoms with Gasteiger partial charge in [-0.3, -0.25) is 20.2 Å². The molecule has 150 valence electrons. The summed E-state index contributed by atoms with van der Waals surface area (Å²) >= 11 is 0. The van der Waals surface area contributed by atoms with Gasteiger partial charge in [-0.1, -0.05) is 0 Å². The van der Waals surface area contributed by atoms with E-state index in [1.807, 2.05) is 13.8 Å². The topological polar surface area (TPSA) is 118 Å². The molecule has 1 aromatic heterocycles. The Morgan fingerprint density at radius 3 is 1.76 bits per heavy atom. The van der Waals surface area contributed by atoms with Gasteiger partial charge in [0.2, 0.25) is 0 Å². The molecule has 0 bridgehead atoms. The van der Waals surface area contributed by atoms with Gasteiger partial charge in [0.05, 0.1) is 46.3 Å². The number of benzene rings is 2. The summed E-state index contributed by atoms with van der Waals surface area (Å²) in [5, 5.41) is 22.1. The van der Waals surface area contributed by atoms with E-state index in [1.54, 1.807) is 24.3 Å². The number of nitrogens with zero attached hydrogens (tertiary/aromatic N) is 2. The van der Waals surface area contributed by atoms with E-state index in [0.717, 1.165) is 0 Å². The molecule has 0 N–H and O–H groups in total. The molecule has 0 amide bonds. The van der Waals surface area contributed by atoms with Crippen molar-refractivity contribution in [3.63, 3.8) is 0 Å². The molecule has 9 nitrogen and oxygen atoms in total. The summed E-state index contributed by atoms with van der Waals surface area (Å²) in [7, 11) is 1.41. The molecule has 3 rings (SSSR count). The van der Waals surface area contributed by atoms with Crippen LogP contribution in [0, 0.1) is 20.2 Å². The maximum atomic E-state index is 11.1. The molecule has 0 atom stereocenters. The molecule has 0 unspecified atom stereocenters. The van der Waals surface area contributed by atoms with Crippen LogP contribution in [0.3, 0.4) is 0 Å². The highest BCUT2D eigenvalue weighted by Crippen LogP contribution is 2.39. The minimum Gasteiger partial charge on any atom is -0.496 e. The molecule has 0 aliphatic carbocycles. The van der Waals surface area contributed by atoms with Gasteiger partial charge in [-0.05, 0) is 38.1 Å². The van der Waals surface area contributed by atoms with Crippen molar-refractivity contribution in [1.82, 2.24) is 0 Å². The van der Waals surface area contributed by atoms with E-state index >= 15 is 0 Å². The second-order valence-corrected chi connectivity index (χ2v) is 6.41. The van der Waals surface area contributed by atoms with Crippen LogP contribution in [0.5, 0.6) is 11.5 Å². The summed E-state index contributed by atoms with van der Waals surface area (Å²) in [6.07, 6.45) is -0.194. The quantitative estimate of drug-likeness (QED) is 0.395. The van der Waals surface area contributed by atoms with Crippen molar-refractivity contribution in [1.29, 1.82) is 0 Å². The third-order valence-electron chi connectivity index (χ3n) is 4.07. The first-order valence-corrected chi connectivity index (χ1v) is 8.68. The zero-order valence-electron chi connectivity index (χ0n) is 15.9. The van der Waals surface area contributed by atoms with E-state index in [0.29, 0.717) is 34.1 Å². The number of non-ortho nitro benzene ring substituents is 2. The Morgan fingerprint density at radius 2 is 1.31 bits per heavy atom. The van der Waals surface area contributed by atoms with Crippen LogP contribution in [0.2, 0.25) is 0 Å². The Hall–Kier alpha value is -3.88. The molecule has 3 aromatic rings. The van der Waals surface area contributed by atoms with Gasteiger partial charge in [-0.15, -0.1) is 0 Å².